The van der Waals surface area contributed by atoms with Crippen LogP contribution in [0.5, 0.6) is 0 Å². The molecule has 42 nitrogen and oxygen atoms in total. The molecule has 17 amide bonds. The number of furan rings is 1. The van der Waals surface area contributed by atoms with Crippen molar-refractivity contribution in [1.82, 2.24) is 85.1 Å². The molecule has 0 aliphatic heterocycles. The zero-order valence-electron chi connectivity index (χ0n) is 86.4. The van der Waals surface area contributed by atoms with Crippen LogP contribution < -0.4 is 131 Å². The maximum atomic E-state index is 14.9. The minimum Gasteiger partial charge on any atom is -0.455 e. The minimum absolute atomic E-state index is 0.0169. The highest BCUT2D eigenvalue weighted by Gasteiger charge is 2.38. The van der Waals surface area contributed by atoms with Gasteiger partial charge in [-0.3, -0.25) is 81.5 Å². The molecule has 32 N–H and O–H groups in total. The lowest BCUT2D eigenvalue weighted by Gasteiger charge is -2.28. The summed E-state index contributed by atoms with van der Waals surface area (Å²) < 4.78 is 6.69. The van der Waals surface area contributed by atoms with Gasteiger partial charge in [0.25, 0.3) is 0 Å². The quantitative estimate of drug-likeness (QED) is 0.0359. The molecule has 0 radical (unpaired) electrons. The predicted octanol–water partition coefficient (Wildman–Crippen LogP) is 1.97. The molecular weight excluding hydrogens is 1840 g/mol. The maximum Gasteiger partial charge on any atom is 0.243 e. The second-order valence-electron chi connectivity index (χ2n) is 37.9. The largest absolute Gasteiger partial charge is 0.455 e. The number of primary amides is 1. The van der Waals surface area contributed by atoms with Gasteiger partial charge in [0, 0.05) is 75.6 Å². The summed E-state index contributed by atoms with van der Waals surface area (Å²) in [6.45, 7) is 18.5. The van der Waals surface area contributed by atoms with Gasteiger partial charge in [-0.1, -0.05) is 124 Å². The lowest BCUT2D eigenvalue weighted by Crippen LogP contribution is -2.59. The molecule has 0 saturated carbocycles. The van der Waals surface area contributed by atoms with Gasteiger partial charge in [0.15, 0.2) is 0 Å². The third kappa shape index (κ3) is 51.3. The van der Waals surface area contributed by atoms with Gasteiger partial charge in [0.2, 0.25) is 100 Å². The van der Waals surface area contributed by atoms with Crippen molar-refractivity contribution >= 4 is 122 Å². The van der Waals surface area contributed by atoms with Gasteiger partial charge in [-0.05, 0) is 248 Å². The maximum absolute atomic E-state index is 14.9. The van der Waals surface area contributed by atoms with Crippen molar-refractivity contribution < 1.29 is 85.9 Å². The third-order valence-electron chi connectivity index (χ3n) is 24.5. The van der Waals surface area contributed by atoms with E-state index in [0.29, 0.717) is 158 Å². The topological polar surface area (TPSA) is 704 Å². The summed E-state index contributed by atoms with van der Waals surface area (Å²) in [5.74, 6) is -11.7. The van der Waals surface area contributed by atoms with Crippen LogP contribution in [0.25, 0.3) is 21.9 Å². The van der Waals surface area contributed by atoms with Crippen molar-refractivity contribution in [2.24, 2.45) is 57.7 Å². The van der Waals surface area contributed by atoms with E-state index >= 15 is 0 Å². The standard InChI is InChI=1S/C101H176N24O18/c1-9-13-58-110-83(126)47-42-77(117-91(132)71(108)35-17-23-52-102)98(139)118-73(37-19-25-54-104)94(135)123-80(45-50-86(129)113-61-16-12-4)100(141)120-76(40-22-28-57-107)96(137)125-81(63-65(5)6)92(133)114-62-51-68-32-30-34-70-69-33-29-31-67(88(69)143-89(68)70)41-46-87(130)115-82(64-66(7)8)101(142)121-75(39-21-27-56-106)95(136)124-79(44-49-85(128)112-60-15-11-3)99(140)119-74(38-20-26-55-105)93(134)122-78(43-48-84(127)111-59-14-10-2)97(138)116-72(90(109)131)36-18-24-53-103/h29-34,65-66,71-82H,9-28,35-64,102-108H2,1-8H3,(H2,109,131)(H,110,126)(H,111,127)(H,112,128)(H,113,129)(H,114,133)(H,115,130)(H,116,138)(H,117,132)(H,118,139)(H,119,140)(H,120,141)(H,121,142)(H,122,134)(H,123,135)(H,124,136)(H,125,137)/t71-,72-,73-,74-,75-,76-,77-,78-,79-,80-,81-,82-/m0/s1. The fraction of sp³-hybridized carbons (Fsp3) is 0.713. The van der Waals surface area contributed by atoms with E-state index in [1.807, 2.05) is 91.8 Å². The summed E-state index contributed by atoms with van der Waals surface area (Å²) in [5.41, 5.74) is 49.4. The molecule has 42 heteroatoms. The Bertz CT molecular complexity index is 4380. The van der Waals surface area contributed by atoms with Crippen molar-refractivity contribution in [2.45, 2.75) is 378 Å². The molecule has 0 unspecified atom stereocenters. The van der Waals surface area contributed by atoms with Crippen LogP contribution in [0.15, 0.2) is 40.8 Å². The van der Waals surface area contributed by atoms with Crippen LogP contribution in [-0.2, 0) is 94.3 Å². The number of carbonyl (C=O) groups is 17. The van der Waals surface area contributed by atoms with Crippen molar-refractivity contribution in [3.63, 3.8) is 0 Å². The number of rotatable bonds is 81. The van der Waals surface area contributed by atoms with Gasteiger partial charge in [-0.2, -0.15) is 0 Å². The monoisotopic (exact) mass is 2010 g/mol. The highest BCUT2D eigenvalue weighted by Crippen LogP contribution is 2.34. The summed E-state index contributed by atoms with van der Waals surface area (Å²) >= 11 is 0. The molecule has 0 aliphatic rings. The molecule has 808 valence electrons. The van der Waals surface area contributed by atoms with Crippen LogP contribution in [0.3, 0.4) is 0 Å². The fourth-order valence-corrected chi connectivity index (χ4v) is 16.0. The van der Waals surface area contributed by atoms with Gasteiger partial charge >= 0.3 is 0 Å². The summed E-state index contributed by atoms with van der Waals surface area (Å²) in [6.07, 6.45) is 10.4. The highest BCUT2D eigenvalue weighted by molar-refractivity contribution is 6.07. The number of hydrogen-bond donors (Lipinski definition) is 24. The van der Waals surface area contributed by atoms with Crippen LogP contribution in [0.1, 0.15) is 304 Å². The van der Waals surface area contributed by atoms with Gasteiger partial charge < -0.3 is 135 Å². The predicted molar refractivity (Wildman–Crippen MR) is 552 cm³/mol. The lowest BCUT2D eigenvalue weighted by molar-refractivity contribution is -0.136. The van der Waals surface area contributed by atoms with Gasteiger partial charge in [-0.15, -0.1) is 0 Å². The number of amides is 17. The van der Waals surface area contributed by atoms with Crippen molar-refractivity contribution in [3.8, 4) is 0 Å². The van der Waals surface area contributed by atoms with E-state index in [9.17, 15) is 81.5 Å². The first-order chi connectivity index (χ1) is 68.6. The Balaban J connectivity index is 1.96. The molecule has 1 heterocycles. The second-order valence-corrected chi connectivity index (χ2v) is 37.9. The summed E-state index contributed by atoms with van der Waals surface area (Å²) in [5, 5.41) is 46.1. The van der Waals surface area contributed by atoms with Crippen LogP contribution >= 0.6 is 0 Å². The van der Waals surface area contributed by atoms with Gasteiger partial charge in [0.05, 0.1) is 6.04 Å². The zero-order valence-corrected chi connectivity index (χ0v) is 86.4. The number of nitrogens with two attached hydrogens (primary N) is 8. The number of hydrogen-bond acceptors (Lipinski definition) is 25. The van der Waals surface area contributed by atoms with E-state index in [-0.39, 0.29) is 172 Å². The Morgan fingerprint density at radius 3 is 0.818 bits per heavy atom. The molecule has 1 aromatic heterocycles. The molecular formula is C101H176N24O18. The molecule has 143 heavy (non-hydrogen) atoms. The zero-order chi connectivity index (χ0) is 106. The van der Waals surface area contributed by atoms with Crippen molar-refractivity contribution in [2.75, 3.05) is 72.0 Å². The SMILES string of the molecule is CCCCNC(=O)CC[C@H](NC(=O)[C@H](CCCCN)NC(=O)[C@H](CCC(=O)NCCCC)NC(=O)[C@H](CCCCN)NC(=O)[C@H](CC(C)C)NC(=O)CCc1cccc2c1oc1c(CCNC(=O)[C@H](CC(C)C)NC(=O)[C@H](CCCCN)NC(=O)[C@H](CCC(=O)NCCCC)NC(=O)[C@H](CCCCN)NC(=O)[C@H](CCC(=O)NCCCC)NC(=O)[C@@H](N)CCCCN)cccc12)C(=O)N[C@@H](CCCCN)C(N)=O. The molecule has 0 fully saturated rings. The molecule has 12 atom stereocenters. The van der Waals surface area contributed by atoms with Gasteiger partial charge in [-0.25, -0.2) is 0 Å². The van der Waals surface area contributed by atoms with Crippen molar-refractivity contribution in [3.05, 3.63) is 47.5 Å². The molecule has 0 saturated heterocycles. The number of para-hydroxylation sites is 2. The van der Waals surface area contributed by atoms with E-state index in [1.54, 1.807) is 0 Å². The molecule has 0 bridgehead atoms. The first kappa shape index (κ1) is 126. The second kappa shape index (κ2) is 73.9. The van der Waals surface area contributed by atoms with Crippen LogP contribution in [0.2, 0.25) is 0 Å². The summed E-state index contributed by atoms with van der Waals surface area (Å²) in [4.78, 5) is 240. The van der Waals surface area contributed by atoms with Crippen molar-refractivity contribution in [1.29, 1.82) is 0 Å². The number of nitrogens with one attached hydrogen (secondary N) is 16. The first-order valence-electron chi connectivity index (χ1n) is 52.4. The smallest absolute Gasteiger partial charge is 0.243 e. The number of aryl methyl sites for hydroxylation is 1. The first-order valence-corrected chi connectivity index (χ1v) is 52.4. The number of benzene rings is 2. The number of fused-ring (bicyclic) bond motifs is 3. The summed E-state index contributed by atoms with van der Waals surface area (Å²) in [7, 11) is 0. The Hall–Kier alpha value is -11.0. The molecule has 2 aromatic carbocycles. The Labute approximate surface area is 844 Å². The Kier molecular flexibility index (Phi) is 65.2. The van der Waals surface area contributed by atoms with E-state index in [1.165, 1.54) is 0 Å². The van der Waals surface area contributed by atoms with Crippen LogP contribution in [-0.4, -0.2) is 245 Å². The molecule has 3 aromatic rings. The van der Waals surface area contributed by atoms with E-state index < -0.39 is 167 Å². The van der Waals surface area contributed by atoms with Crippen LogP contribution in [0.4, 0.5) is 0 Å². The fourth-order valence-electron chi connectivity index (χ4n) is 16.0. The number of unbranched alkanes of at least 4 members (excludes halogenated alkanes) is 10. The summed E-state index contributed by atoms with van der Waals surface area (Å²) in [6, 6.07) is -4.40. The highest BCUT2D eigenvalue weighted by atomic mass is 16.3. The Morgan fingerprint density at radius 2 is 0.524 bits per heavy atom. The van der Waals surface area contributed by atoms with E-state index in [2.05, 4.69) is 85.1 Å². The molecule has 0 spiro atoms. The molecule has 3 rings (SSSR count). The van der Waals surface area contributed by atoms with E-state index in [4.69, 9.17) is 50.3 Å². The normalized spacial score (nSPS) is 13.9. The van der Waals surface area contributed by atoms with Crippen LogP contribution in [0, 0.1) is 11.8 Å². The third-order valence-corrected chi connectivity index (χ3v) is 24.5. The minimum atomic E-state index is -1.50. The average Bonchev–Trinajstić information content (AvgIpc) is 1.61. The molecule has 0 aliphatic carbocycles. The Morgan fingerprint density at radius 1 is 0.266 bits per heavy atom. The average molecular weight is 2010 g/mol. The number of carbonyl (C=O) groups excluding carboxylic acids is 17. The van der Waals surface area contributed by atoms with E-state index in [0.717, 1.165) is 42.9 Å². The lowest BCUT2D eigenvalue weighted by atomic mass is 10.0. The van der Waals surface area contributed by atoms with Gasteiger partial charge in [0.1, 0.15) is 77.6 Å².